The molecule has 1 atom stereocenters. The Kier molecular flexibility index (Phi) is 4.75. The number of hydrogen-bond donors (Lipinski definition) is 2. The van der Waals surface area contributed by atoms with Gasteiger partial charge in [0.2, 0.25) is 5.91 Å². The Balaban J connectivity index is 2.06. The third kappa shape index (κ3) is 3.92. The molecule has 0 aliphatic carbocycles. The van der Waals surface area contributed by atoms with Gasteiger partial charge >= 0.3 is 0 Å². The highest BCUT2D eigenvalue weighted by Crippen LogP contribution is 2.18. The van der Waals surface area contributed by atoms with E-state index in [1.807, 2.05) is 32.0 Å². The Morgan fingerprint density at radius 1 is 1.19 bits per heavy atom. The molecule has 0 fully saturated rings. The maximum Gasteiger partial charge on any atom is 0.237 e. The highest BCUT2D eigenvalue weighted by Gasteiger charge is 2.13. The van der Waals surface area contributed by atoms with E-state index < -0.39 is 10.8 Å². The topological polar surface area (TPSA) is 72.2 Å². The summed E-state index contributed by atoms with van der Waals surface area (Å²) in [6.07, 6.45) is 0. The normalized spacial score (nSPS) is 11.9. The van der Waals surface area contributed by atoms with E-state index in [1.165, 1.54) is 0 Å². The first-order valence-corrected chi connectivity index (χ1v) is 7.89. The van der Waals surface area contributed by atoms with Crippen LogP contribution in [0.15, 0.2) is 47.4 Å². The molecule has 1 unspecified atom stereocenters. The van der Waals surface area contributed by atoms with Crippen LogP contribution in [0.2, 0.25) is 0 Å². The molecule has 5 heteroatoms. The predicted octanol–water partition coefficient (Wildman–Crippen LogP) is 2.63. The van der Waals surface area contributed by atoms with Gasteiger partial charge in [-0.3, -0.25) is 9.00 Å². The summed E-state index contributed by atoms with van der Waals surface area (Å²) in [7, 11) is -1.37. The van der Waals surface area contributed by atoms with Gasteiger partial charge in [-0.05, 0) is 37.6 Å². The van der Waals surface area contributed by atoms with Gasteiger partial charge < -0.3 is 11.1 Å². The fourth-order valence-corrected chi connectivity index (χ4v) is 3.15. The van der Waals surface area contributed by atoms with Gasteiger partial charge in [0, 0.05) is 4.90 Å². The van der Waals surface area contributed by atoms with Gasteiger partial charge in [-0.1, -0.05) is 29.8 Å². The summed E-state index contributed by atoms with van der Waals surface area (Å²) in [5.41, 5.74) is 8.83. The quantitative estimate of drug-likeness (QED) is 0.853. The van der Waals surface area contributed by atoms with Crippen molar-refractivity contribution in [3.8, 4) is 0 Å². The van der Waals surface area contributed by atoms with Crippen LogP contribution in [0.3, 0.4) is 0 Å². The van der Waals surface area contributed by atoms with Crippen molar-refractivity contribution < 1.29 is 9.00 Å². The summed E-state index contributed by atoms with van der Waals surface area (Å²) >= 11 is 0. The Hall–Kier alpha value is -2.14. The maximum absolute atomic E-state index is 12.3. The molecule has 0 bridgehead atoms. The minimum atomic E-state index is -1.37. The van der Waals surface area contributed by atoms with Crippen LogP contribution in [0, 0.1) is 13.8 Å². The van der Waals surface area contributed by atoms with Crippen molar-refractivity contribution in [2.24, 2.45) is 0 Å². The van der Waals surface area contributed by atoms with Crippen LogP contribution in [0.25, 0.3) is 0 Å². The van der Waals surface area contributed by atoms with Gasteiger partial charge in [0.15, 0.2) is 0 Å². The van der Waals surface area contributed by atoms with Crippen molar-refractivity contribution in [2.75, 3.05) is 16.8 Å². The van der Waals surface area contributed by atoms with Gasteiger partial charge in [-0.25, -0.2) is 0 Å². The molecule has 2 aromatic rings. The number of carbonyl (C=O) groups excluding carboxylic acids is 1. The van der Waals surface area contributed by atoms with Gasteiger partial charge in [-0.15, -0.1) is 0 Å². The Bertz CT molecular complexity index is 698. The molecule has 0 saturated heterocycles. The van der Waals surface area contributed by atoms with Gasteiger partial charge in [0.05, 0.1) is 22.2 Å². The SMILES string of the molecule is Cc1ccc(S(=O)CC(=O)Nc2ccccc2N)c(C)c1. The van der Waals surface area contributed by atoms with Crippen LogP contribution in [0.5, 0.6) is 0 Å². The fraction of sp³-hybridized carbons (Fsp3) is 0.188. The van der Waals surface area contributed by atoms with Crippen LogP contribution < -0.4 is 11.1 Å². The minimum Gasteiger partial charge on any atom is -0.397 e. The molecule has 0 aliphatic heterocycles. The largest absolute Gasteiger partial charge is 0.397 e. The number of para-hydroxylation sites is 2. The number of carbonyl (C=O) groups is 1. The van der Waals surface area contributed by atoms with Gasteiger partial charge in [0.25, 0.3) is 0 Å². The van der Waals surface area contributed by atoms with E-state index >= 15 is 0 Å². The standard InChI is InChI=1S/C16H18N2O2S/c1-11-7-8-15(12(2)9-11)21(20)10-16(19)18-14-6-4-3-5-13(14)17/h3-9H,10,17H2,1-2H3,(H,18,19). The highest BCUT2D eigenvalue weighted by molar-refractivity contribution is 7.85. The smallest absolute Gasteiger partial charge is 0.237 e. The second kappa shape index (κ2) is 6.54. The third-order valence-electron chi connectivity index (χ3n) is 3.07. The zero-order valence-corrected chi connectivity index (χ0v) is 12.9. The van der Waals surface area contributed by atoms with E-state index in [4.69, 9.17) is 5.73 Å². The van der Waals surface area contributed by atoms with Gasteiger partial charge in [-0.2, -0.15) is 0 Å². The van der Waals surface area contributed by atoms with E-state index in [9.17, 15) is 9.00 Å². The van der Waals surface area contributed by atoms with Crippen molar-refractivity contribution >= 4 is 28.1 Å². The van der Waals surface area contributed by atoms with E-state index in [1.54, 1.807) is 24.3 Å². The van der Waals surface area contributed by atoms with Crippen LogP contribution in [0.1, 0.15) is 11.1 Å². The fourth-order valence-electron chi connectivity index (χ4n) is 2.05. The summed E-state index contributed by atoms with van der Waals surface area (Å²) < 4.78 is 12.3. The average Bonchev–Trinajstić information content (AvgIpc) is 2.41. The van der Waals surface area contributed by atoms with E-state index in [0.717, 1.165) is 11.1 Å². The number of rotatable bonds is 4. The Labute approximate surface area is 126 Å². The first kappa shape index (κ1) is 15.3. The molecule has 1 amide bonds. The molecule has 2 aromatic carbocycles. The number of benzene rings is 2. The molecular weight excluding hydrogens is 284 g/mol. The highest BCUT2D eigenvalue weighted by atomic mass is 32.2. The molecule has 0 radical (unpaired) electrons. The van der Waals surface area contributed by atoms with Crippen molar-refractivity contribution in [1.82, 2.24) is 0 Å². The summed E-state index contributed by atoms with van der Waals surface area (Å²) in [6.45, 7) is 3.87. The molecule has 21 heavy (non-hydrogen) atoms. The lowest BCUT2D eigenvalue weighted by molar-refractivity contribution is -0.113. The summed E-state index contributed by atoms with van der Waals surface area (Å²) in [5.74, 6) is -0.399. The molecule has 0 aliphatic rings. The van der Waals surface area contributed by atoms with E-state index in [2.05, 4.69) is 5.32 Å². The number of nitrogens with one attached hydrogen (secondary N) is 1. The zero-order valence-electron chi connectivity index (χ0n) is 12.1. The van der Waals surface area contributed by atoms with Gasteiger partial charge in [0.1, 0.15) is 5.75 Å². The van der Waals surface area contributed by atoms with Crippen molar-refractivity contribution in [1.29, 1.82) is 0 Å². The van der Waals surface area contributed by atoms with E-state index in [-0.39, 0.29) is 11.7 Å². The molecule has 0 saturated carbocycles. The monoisotopic (exact) mass is 302 g/mol. The average molecular weight is 302 g/mol. The van der Waals surface area contributed by atoms with Crippen LogP contribution >= 0.6 is 0 Å². The van der Waals surface area contributed by atoms with Crippen LogP contribution in [-0.2, 0) is 15.6 Å². The minimum absolute atomic E-state index is 0.0851. The lowest BCUT2D eigenvalue weighted by atomic mass is 10.2. The summed E-state index contributed by atoms with van der Waals surface area (Å²) in [6, 6.07) is 12.7. The van der Waals surface area contributed by atoms with E-state index in [0.29, 0.717) is 16.3 Å². The lowest BCUT2D eigenvalue weighted by Crippen LogP contribution is -2.20. The number of amides is 1. The summed E-state index contributed by atoms with van der Waals surface area (Å²) in [5, 5.41) is 2.68. The second-order valence-corrected chi connectivity index (χ2v) is 6.31. The van der Waals surface area contributed by atoms with Crippen LogP contribution in [-0.4, -0.2) is 15.9 Å². The first-order chi connectivity index (χ1) is 9.97. The molecular formula is C16H18N2O2S. The number of nitrogens with two attached hydrogens (primary N) is 1. The Morgan fingerprint density at radius 3 is 2.57 bits per heavy atom. The molecule has 0 heterocycles. The number of nitrogen functional groups attached to an aromatic ring is 1. The third-order valence-corrected chi connectivity index (χ3v) is 4.55. The van der Waals surface area contributed by atoms with Crippen molar-refractivity contribution in [2.45, 2.75) is 18.7 Å². The maximum atomic E-state index is 12.3. The molecule has 0 aromatic heterocycles. The van der Waals surface area contributed by atoms with Crippen LogP contribution in [0.4, 0.5) is 11.4 Å². The Morgan fingerprint density at radius 2 is 1.90 bits per heavy atom. The molecule has 2 rings (SSSR count). The van der Waals surface area contributed by atoms with Crippen molar-refractivity contribution in [3.05, 3.63) is 53.6 Å². The molecule has 0 spiro atoms. The second-order valence-electron chi connectivity index (χ2n) is 4.89. The molecule has 3 N–H and O–H groups in total. The summed E-state index contributed by atoms with van der Waals surface area (Å²) in [4.78, 5) is 12.7. The first-order valence-electron chi connectivity index (χ1n) is 6.57. The molecule has 110 valence electrons. The predicted molar refractivity (Wildman–Crippen MR) is 86.7 cm³/mol. The number of hydrogen-bond acceptors (Lipinski definition) is 3. The van der Waals surface area contributed by atoms with Crippen molar-refractivity contribution in [3.63, 3.8) is 0 Å². The molecule has 4 nitrogen and oxygen atoms in total. The number of anilines is 2. The lowest BCUT2D eigenvalue weighted by Gasteiger charge is -2.09. The number of aryl methyl sites for hydroxylation is 2. The zero-order chi connectivity index (χ0) is 15.4.